The fraction of sp³-hybridized carbons (Fsp3) is 0.286. The summed E-state index contributed by atoms with van der Waals surface area (Å²) in [4.78, 5) is 26.2. The summed E-state index contributed by atoms with van der Waals surface area (Å²) in [6.45, 7) is 5.98. The molecule has 0 aliphatic carbocycles. The first kappa shape index (κ1) is 25.4. The largest absolute Gasteiger partial charge is 0.327 e. The minimum atomic E-state index is -2.04. The van der Waals surface area contributed by atoms with Gasteiger partial charge in [0, 0.05) is 62.5 Å². The monoisotopic (exact) mass is 518 g/mol. The minimum Gasteiger partial charge on any atom is -0.327 e. The lowest BCUT2D eigenvalue weighted by atomic mass is 9.98. The van der Waals surface area contributed by atoms with Crippen LogP contribution in [-0.2, 0) is 10.9 Å². The Hall–Kier alpha value is -3.29. The van der Waals surface area contributed by atoms with Crippen molar-refractivity contribution >= 4 is 31.0 Å². The number of nitrogens with zero attached hydrogens (tertiary/aromatic N) is 4. The van der Waals surface area contributed by atoms with E-state index in [1.165, 1.54) is 0 Å². The van der Waals surface area contributed by atoms with Crippen LogP contribution in [0.25, 0.3) is 0 Å². The molecule has 2 aliphatic heterocycles. The summed E-state index contributed by atoms with van der Waals surface area (Å²) < 4.78 is 11.1. The highest BCUT2D eigenvalue weighted by Crippen LogP contribution is 2.62. The molecule has 2 heterocycles. The van der Waals surface area contributed by atoms with Crippen LogP contribution in [0.5, 0.6) is 0 Å². The molecule has 0 radical (unpaired) electrons. The van der Waals surface area contributed by atoms with E-state index in [1.54, 1.807) is 30.1 Å². The second-order valence-electron chi connectivity index (χ2n) is 9.54. The van der Waals surface area contributed by atoms with Gasteiger partial charge in [-0.3, -0.25) is 14.9 Å². The molecule has 1 atom stereocenters. The van der Waals surface area contributed by atoms with Gasteiger partial charge in [-0.05, 0) is 60.7 Å². The first-order chi connectivity index (χ1) is 17.8. The number of hydrogen-bond acceptors (Lipinski definition) is 6. The second kappa shape index (κ2) is 10.2. The second-order valence-corrected chi connectivity index (χ2v) is 12.2. The van der Waals surface area contributed by atoms with Crippen LogP contribution in [0.2, 0.25) is 0 Å². The van der Waals surface area contributed by atoms with Crippen molar-refractivity contribution in [2.24, 2.45) is 0 Å². The normalized spacial score (nSPS) is 16.3. The van der Waals surface area contributed by atoms with Gasteiger partial charge in [-0.25, -0.2) is 9.34 Å². The van der Waals surface area contributed by atoms with Crippen LogP contribution in [-0.4, -0.2) is 59.7 Å². The van der Waals surface area contributed by atoms with E-state index in [0.717, 1.165) is 43.0 Å². The fourth-order valence-corrected chi connectivity index (χ4v) is 7.20. The van der Waals surface area contributed by atoms with Gasteiger partial charge < -0.3 is 9.42 Å². The molecule has 1 amide bonds. The van der Waals surface area contributed by atoms with Crippen molar-refractivity contribution in [3.63, 3.8) is 0 Å². The number of benzene rings is 3. The Morgan fingerprint density at radius 3 is 2.35 bits per heavy atom. The van der Waals surface area contributed by atoms with Crippen molar-refractivity contribution in [2.75, 3.05) is 38.1 Å². The van der Waals surface area contributed by atoms with Gasteiger partial charge in [0.25, 0.3) is 11.6 Å². The predicted octanol–water partition coefficient (Wildman–Crippen LogP) is 5.37. The van der Waals surface area contributed by atoms with Crippen molar-refractivity contribution in [2.45, 2.75) is 19.4 Å². The molecular formula is C28H31N4O4P. The molecule has 3 aromatic rings. The Morgan fingerprint density at radius 1 is 1.05 bits per heavy atom. The first-order valence-electron chi connectivity index (χ1n) is 12.4. The van der Waals surface area contributed by atoms with E-state index >= 15 is 0 Å². The summed E-state index contributed by atoms with van der Waals surface area (Å²) >= 11 is 0. The molecule has 192 valence electrons. The minimum absolute atomic E-state index is 0.0571. The molecule has 0 bridgehead atoms. The lowest BCUT2D eigenvalue weighted by Gasteiger charge is -2.30. The van der Waals surface area contributed by atoms with E-state index in [0.29, 0.717) is 17.5 Å². The molecule has 2 saturated heterocycles. The van der Waals surface area contributed by atoms with Crippen LogP contribution in [0.3, 0.4) is 0 Å². The number of hydrogen-bond donors (Lipinski definition) is 0. The van der Waals surface area contributed by atoms with E-state index in [9.17, 15) is 14.9 Å². The van der Waals surface area contributed by atoms with Crippen LogP contribution in [0.4, 0.5) is 11.4 Å². The van der Waals surface area contributed by atoms with Crippen LogP contribution in [0.15, 0.2) is 72.8 Å². The summed E-state index contributed by atoms with van der Waals surface area (Å²) in [5, 5.41) is 11.8. The zero-order valence-electron chi connectivity index (χ0n) is 21.1. The topological polar surface area (TPSA) is 78.7 Å². The van der Waals surface area contributed by atoms with Gasteiger partial charge in [0.15, 0.2) is 0 Å². The SMILES string of the molecule is C=P(OC(C)c1ccc([N+](=O)[O-])c(Cc2cccc(C(=O)N(C)c3ccccc3)c2)c1)(N1CC1)N1CC1. The summed E-state index contributed by atoms with van der Waals surface area (Å²) in [6.07, 6.45) is 4.53. The molecule has 0 aromatic heterocycles. The molecule has 3 aromatic carbocycles. The Labute approximate surface area is 217 Å². The molecule has 0 spiro atoms. The van der Waals surface area contributed by atoms with Crippen LogP contribution in [0, 0.1) is 10.1 Å². The summed E-state index contributed by atoms with van der Waals surface area (Å²) in [5.41, 5.74) is 3.68. The van der Waals surface area contributed by atoms with E-state index in [-0.39, 0.29) is 22.6 Å². The number of anilines is 1. The van der Waals surface area contributed by atoms with Gasteiger partial charge >= 0.3 is 0 Å². The standard InChI is InChI=1S/C28H31N4O4P/c1-21(36-37(3,30-14-15-30)31-16-17-31)23-12-13-27(32(34)35)25(20-23)19-22-8-7-9-24(18-22)28(33)29(2)26-10-5-4-6-11-26/h4-13,18,20-21H,3,14-17,19H2,1-2H3. The van der Waals surface area contributed by atoms with Crippen molar-refractivity contribution in [1.29, 1.82) is 0 Å². The van der Waals surface area contributed by atoms with E-state index < -0.39 is 7.41 Å². The Morgan fingerprint density at radius 2 is 1.73 bits per heavy atom. The first-order valence-corrected chi connectivity index (χ1v) is 14.2. The molecule has 37 heavy (non-hydrogen) atoms. The maximum Gasteiger partial charge on any atom is 0.272 e. The molecule has 0 saturated carbocycles. The molecule has 1 unspecified atom stereocenters. The quantitative estimate of drug-likeness (QED) is 0.156. The lowest BCUT2D eigenvalue weighted by Crippen LogP contribution is -2.26. The molecule has 0 N–H and O–H groups in total. The van der Waals surface area contributed by atoms with Gasteiger partial charge in [0.1, 0.15) is 7.41 Å². The summed E-state index contributed by atoms with van der Waals surface area (Å²) in [7, 11) is -0.299. The molecule has 2 aliphatic rings. The number of para-hydroxylation sites is 1. The number of rotatable bonds is 10. The number of nitro groups is 1. The number of nitro benzene ring substituents is 1. The maximum absolute atomic E-state index is 13.1. The summed E-state index contributed by atoms with van der Waals surface area (Å²) in [6, 6.07) is 21.9. The third-order valence-electron chi connectivity index (χ3n) is 6.84. The highest BCUT2D eigenvalue weighted by Gasteiger charge is 2.43. The van der Waals surface area contributed by atoms with Gasteiger partial charge in [0.05, 0.1) is 11.0 Å². The molecular weight excluding hydrogens is 487 g/mol. The van der Waals surface area contributed by atoms with Crippen molar-refractivity contribution in [1.82, 2.24) is 9.34 Å². The highest BCUT2D eigenvalue weighted by molar-refractivity contribution is 7.65. The zero-order valence-corrected chi connectivity index (χ0v) is 22.0. The van der Waals surface area contributed by atoms with Crippen molar-refractivity contribution < 1.29 is 14.2 Å². The average Bonchev–Trinajstić information content (AvgIpc) is 3.80. The average molecular weight is 519 g/mol. The Balaban J connectivity index is 1.38. The molecule has 9 heteroatoms. The number of carbonyl (C=O) groups excluding carboxylic acids is 1. The maximum atomic E-state index is 13.1. The molecule has 2 fully saturated rings. The number of carbonyl (C=O) groups is 1. The van der Waals surface area contributed by atoms with Gasteiger partial charge in [-0.15, -0.1) is 0 Å². The third kappa shape index (κ3) is 5.53. The van der Waals surface area contributed by atoms with Gasteiger partial charge in [0.2, 0.25) is 0 Å². The Bertz CT molecular complexity index is 1360. The van der Waals surface area contributed by atoms with Crippen molar-refractivity contribution in [3.05, 3.63) is 105 Å². The van der Waals surface area contributed by atoms with Crippen molar-refractivity contribution in [3.8, 4) is 0 Å². The van der Waals surface area contributed by atoms with E-state index in [4.69, 9.17) is 4.52 Å². The predicted molar refractivity (Wildman–Crippen MR) is 148 cm³/mol. The fourth-order valence-electron chi connectivity index (χ4n) is 4.52. The Kier molecular flexibility index (Phi) is 7.01. The van der Waals surface area contributed by atoms with Crippen LogP contribution in [0.1, 0.15) is 40.1 Å². The molecule has 5 rings (SSSR count). The van der Waals surface area contributed by atoms with E-state index in [2.05, 4.69) is 15.6 Å². The van der Waals surface area contributed by atoms with Gasteiger partial charge in [-0.1, -0.05) is 30.3 Å². The summed E-state index contributed by atoms with van der Waals surface area (Å²) in [5.74, 6) is -0.140. The zero-order chi connectivity index (χ0) is 26.2. The van der Waals surface area contributed by atoms with Gasteiger partial charge in [-0.2, -0.15) is 0 Å². The lowest BCUT2D eigenvalue weighted by molar-refractivity contribution is -0.385. The molecule has 8 nitrogen and oxygen atoms in total. The van der Waals surface area contributed by atoms with Crippen LogP contribution >= 0.6 is 7.41 Å². The smallest absolute Gasteiger partial charge is 0.272 e. The third-order valence-corrected chi connectivity index (χ3v) is 10.1. The van der Waals surface area contributed by atoms with Crippen LogP contribution < -0.4 is 4.90 Å². The van der Waals surface area contributed by atoms with E-state index in [1.807, 2.05) is 61.5 Å². The number of amides is 1. The highest BCUT2D eigenvalue weighted by atomic mass is 31.2.